The molecule has 0 spiro atoms. The zero-order valence-corrected chi connectivity index (χ0v) is 11.3. The van der Waals surface area contributed by atoms with Gasteiger partial charge in [-0.15, -0.1) is 0 Å². The highest BCUT2D eigenvalue weighted by molar-refractivity contribution is 7.89. The van der Waals surface area contributed by atoms with Crippen LogP contribution in [0.4, 0.5) is 0 Å². The number of nitrogens with zero attached hydrogens (tertiary/aromatic N) is 1. The highest BCUT2D eigenvalue weighted by Crippen LogP contribution is 2.25. The van der Waals surface area contributed by atoms with Crippen molar-refractivity contribution < 1.29 is 17.9 Å². The molecule has 0 amide bonds. The van der Waals surface area contributed by atoms with Crippen LogP contribution >= 0.6 is 0 Å². The van der Waals surface area contributed by atoms with Gasteiger partial charge in [0.2, 0.25) is 10.0 Å². The fourth-order valence-corrected chi connectivity index (χ4v) is 3.53. The molecule has 1 aromatic heterocycles. The lowest BCUT2D eigenvalue weighted by atomic mass is 10.1. The smallest absolute Gasteiger partial charge is 0.246 e. The molecule has 0 radical (unpaired) electrons. The molecule has 0 fully saturated rings. The Morgan fingerprint density at radius 2 is 2.17 bits per heavy atom. The van der Waals surface area contributed by atoms with Gasteiger partial charge in [-0.25, -0.2) is 8.42 Å². The molecule has 100 valence electrons. The monoisotopic (exact) mass is 271 g/mol. The molecule has 0 aromatic carbocycles. The SMILES string of the molecule is CC1=CCN(S(=O)(=O)c2cc(CO)oc2C)CC1. The van der Waals surface area contributed by atoms with Gasteiger partial charge in [0.05, 0.1) is 0 Å². The molecular formula is C12H17NO4S. The molecule has 2 rings (SSSR count). The van der Waals surface area contributed by atoms with Crippen LogP contribution in [0.25, 0.3) is 0 Å². The van der Waals surface area contributed by atoms with Gasteiger partial charge in [0.25, 0.3) is 0 Å². The van der Waals surface area contributed by atoms with Crippen molar-refractivity contribution in [3.05, 3.63) is 29.2 Å². The molecule has 18 heavy (non-hydrogen) atoms. The number of hydrogen-bond donors (Lipinski definition) is 1. The first-order valence-electron chi connectivity index (χ1n) is 5.81. The fraction of sp³-hybridized carbons (Fsp3) is 0.500. The van der Waals surface area contributed by atoms with Gasteiger partial charge in [0.15, 0.2) is 0 Å². The first kappa shape index (κ1) is 13.3. The van der Waals surface area contributed by atoms with Crippen LogP contribution in [-0.4, -0.2) is 30.9 Å². The molecule has 0 saturated carbocycles. The van der Waals surface area contributed by atoms with E-state index in [-0.39, 0.29) is 17.3 Å². The summed E-state index contributed by atoms with van der Waals surface area (Å²) in [7, 11) is -3.52. The van der Waals surface area contributed by atoms with E-state index in [1.165, 1.54) is 15.9 Å². The maximum Gasteiger partial charge on any atom is 0.246 e. The number of aliphatic hydroxyl groups excluding tert-OH is 1. The number of aryl methyl sites for hydroxylation is 1. The van der Waals surface area contributed by atoms with Crippen molar-refractivity contribution in [1.82, 2.24) is 4.31 Å². The summed E-state index contributed by atoms with van der Waals surface area (Å²) in [6.45, 7) is 4.18. The molecule has 0 unspecified atom stereocenters. The molecule has 2 heterocycles. The second kappa shape index (κ2) is 4.87. The van der Waals surface area contributed by atoms with Crippen LogP contribution in [0.15, 0.2) is 27.0 Å². The topological polar surface area (TPSA) is 70.8 Å². The van der Waals surface area contributed by atoms with E-state index in [9.17, 15) is 8.42 Å². The highest BCUT2D eigenvalue weighted by atomic mass is 32.2. The summed E-state index contributed by atoms with van der Waals surface area (Å²) < 4.78 is 31.4. The Balaban J connectivity index is 2.33. The summed E-state index contributed by atoms with van der Waals surface area (Å²) in [5, 5.41) is 8.97. The molecule has 0 aliphatic carbocycles. The Hall–Kier alpha value is -1.11. The van der Waals surface area contributed by atoms with Gasteiger partial charge in [-0.2, -0.15) is 4.31 Å². The van der Waals surface area contributed by atoms with E-state index >= 15 is 0 Å². The van der Waals surface area contributed by atoms with Crippen LogP contribution < -0.4 is 0 Å². The fourth-order valence-electron chi connectivity index (χ4n) is 1.97. The zero-order chi connectivity index (χ0) is 13.3. The predicted molar refractivity (Wildman–Crippen MR) is 66.5 cm³/mol. The van der Waals surface area contributed by atoms with Crippen molar-refractivity contribution in [1.29, 1.82) is 0 Å². The minimum Gasteiger partial charge on any atom is -0.462 e. The summed E-state index contributed by atoms with van der Waals surface area (Å²) in [6.07, 6.45) is 2.67. The Morgan fingerprint density at radius 1 is 1.44 bits per heavy atom. The quantitative estimate of drug-likeness (QED) is 0.844. The summed E-state index contributed by atoms with van der Waals surface area (Å²) in [5.74, 6) is 0.597. The van der Waals surface area contributed by atoms with E-state index in [1.54, 1.807) is 6.92 Å². The first-order chi connectivity index (χ1) is 8.45. The molecule has 1 aromatic rings. The summed E-state index contributed by atoms with van der Waals surface area (Å²) in [6, 6.07) is 1.40. The number of furan rings is 1. The Labute approximate surface area is 107 Å². The van der Waals surface area contributed by atoms with Crippen LogP contribution in [0.1, 0.15) is 24.9 Å². The molecule has 0 saturated heterocycles. The largest absolute Gasteiger partial charge is 0.462 e. The van der Waals surface area contributed by atoms with Crippen LogP contribution in [-0.2, 0) is 16.6 Å². The van der Waals surface area contributed by atoms with Gasteiger partial charge in [-0.05, 0) is 20.3 Å². The van der Waals surface area contributed by atoms with Gasteiger partial charge in [0.1, 0.15) is 23.0 Å². The molecule has 0 bridgehead atoms. The van der Waals surface area contributed by atoms with Gasteiger partial charge in [-0.3, -0.25) is 0 Å². The van der Waals surface area contributed by atoms with Crippen LogP contribution in [0.2, 0.25) is 0 Å². The average Bonchev–Trinajstić information content (AvgIpc) is 2.72. The summed E-state index contributed by atoms with van der Waals surface area (Å²) in [5.41, 5.74) is 1.21. The third-order valence-electron chi connectivity index (χ3n) is 3.10. The van der Waals surface area contributed by atoms with Gasteiger partial charge in [-0.1, -0.05) is 11.6 Å². The number of sulfonamides is 1. The van der Waals surface area contributed by atoms with E-state index in [2.05, 4.69) is 0 Å². The van der Waals surface area contributed by atoms with Gasteiger partial charge in [0, 0.05) is 19.2 Å². The van der Waals surface area contributed by atoms with E-state index < -0.39 is 10.0 Å². The van der Waals surface area contributed by atoms with Crippen molar-refractivity contribution in [2.24, 2.45) is 0 Å². The number of hydrogen-bond acceptors (Lipinski definition) is 4. The van der Waals surface area contributed by atoms with Crippen molar-refractivity contribution >= 4 is 10.0 Å². The third-order valence-corrected chi connectivity index (χ3v) is 5.07. The zero-order valence-electron chi connectivity index (χ0n) is 10.5. The Bertz CT molecular complexity index is 571. The van der Waals surface area contributed by atoms with Gasteiger partial charge < -0.3 is 9.52 Å². The lowest BCUT2D eigenvalue weighted by Gasteiger charge is -2.24. The predicted octanol–water partition coefficient (Wildman–Crippen LogP) is 1.42. The Kier molecular flexibility index (Phi) is 3.61. The van der Waals surface area contributed by atoms with E-state index in [0.29, 0.717) is 18.8 Å². The number of rotatable bonds is 3. The molecule has 0 atom stereocenters. The lowest BCUT2D eigenvalue weighted by molar-refractivity contribution is 0.244. The third kappa shape index (κ3) is 2.36. The second-order valence-corrected chi connectivity index (χ2v) is 6.36. The van der Waals surface area contributed by atoms with Crippen molar-refractivity contribution in [3.63, 3.8) is 0 Å². The minimum atomic E-state index is -3.52. The standard InChI is InChI=1S/C12H17NO4S/c1-9-3-5-13(6-4-9)18(15,16)12-7-11(8-14)17-10(12)2/h3,7,14H,4-6,8H2,1-2H3. The highest BCUT2D eigenvalue weighted by Gasteiger charge is 2.29. The normalized spacial score (nSPS) is 17.8. The molecule has 1 aliphatic heterocycles. The minimum absolute atomic E-state index is 0.152. The van der Waals surface area contributed by atoms with Crippen molar-refractivity contribution in [2.75, 3.05) is 13.1 Å². The Morgan fingerprint density at radius 3 is 2.67 bits per heavy atom. The van der Waals surface area contributed by atoms with Crippen molar-refractivity contribution in [2.45, 2.75) is 31.8 Å². The second-order valence-electron chi connectivity index (χ2n) is 4.45. The van der Waals surface area contributed by atoms with E-state index in [0.717, 1.165) is 6.42 Å². The molecule has 6 heteroatoms. The van der Waals surface area contributed by atoms with Crippen LogP contribution in [0.3, 0.4) is 0 Å². The summed E-state index contributed by atoms with van der Waals surface area (Å²) in [4.78, 5) is 0.152. The lowest BCUT2D eigenvalue weighted by Crippen LogP contribution is -2.34. The van der Waals surface area contributed by atoms with E-state index in [1.807, 2.05) is 13.0 Å². The molecular weight excluding hydrogens is 254 g/mol. The van der Waals surface area contributed by atoms with Crippen molar-refractivity contribution in [3.8, 4) is 0 Å². The molecule has 1 N–H and O–H groups in total. The maximum absolute atomic E-state index is 12.4. The first-order valence-corrected chi connectivity index (χ1v) is 7.25. The summed E-state index contributed by atoms with van der Waals surface area (Å²) >= 11 is 0. The molecule has 5 nitrogen and oxygen atoms in total. The number of aliphatic hydroxyl groups is 1. The van der Waals surface area contributed by atoms with Crippen LogP contribution in [0, 0.1) is 6.92 Å². The van der Waals surface area contributed by atoms with Crippen LogP contribution in [0.5, 0.6) is 0 Å². The average molecular weight is 271 g/mol. The molecule has 1 aliphatic rings. The maximum atomic E-state index is 12.4. The van der Waals surface area contributed by atoms with Gasteiger partial charge >= 0.3 is 0 Å². The van der Waals surface area contributed by atoms with E-state index in [4.69, 9.17) is 9.52 Å².